The molecular formula is C14H11FN2. The second kappa shape index (κ2) is 3.70. The van der Waals surface area contributed by atoms with E-state index >= 15 is 0 Å². The zero-order valence-corrected chi connectivity index (χ0v) is 9.39. The molecule has 2 aromatic heterocycles. The first-order valence-electron chi connectivity index (χ1n) is 5.44. The molecule has 2 nitrogen and oxygen atoms in total. The van der Waals surface area contributed by atoms with Crippen molar-refractivity contribution < 1.29 is 4.39 Å². The molecule has 2 heterocycles. The van der Waals surface area contributed by atoms with Crippen LogP contribution >= 0.6 is 0 Å². The van der Waals surface area contributed by atoms with Gasteiger partial charge in [0.1, 0.15) is 11.6 Å². The summed E-state index contributed by atoms with van der Waals surface area (Å²) in [6.07, 6.45) is 3.79. The number of aromatic nitrogens is 2. The monoisotopic (exact) mass is 226 g/mol. The Hall–Kier alpha value is -2.16. The minimum Gasteiger partial charge on any atom is -0.300 e. The predicted molar refractivity (Wildman–Crippen MR) is 65.3 cm³/mol. The summed E-state index contributed by atoms with van der Waals surface area (Å²) in [6.45, 7) is 2.02. The maximum atomic E-state index is 13.2. The highest BCUT2D eigenvalue weighted by Gasteiger charge is 2.06. The quantitative estimate of drug-likeness (QED) is 0.621. The molecule has 84 valence electrons. The number of fused-ring (bicyclic) bond motifs is 1. The Morgan fingerprint density at radius 1 is 1.18 bits per heavy atom. The Labute approximate surface area is 98.4 Å². The molecule has 0 amide bonds. The zero-order chi connectivity index (χ0) is 11.8. The van der Waals surface area contributed by atoms with E-state index in [1.54, 1.807) is 12.3 Å². The Bertz CT molecular complexity index is 686. The molecule has 0 spiro atoms. The lowest BCUT2D eigenvalue weighted by atomic mass is 10.2. The van der Waals surface area contributed by atoms with Crippen LogP contribution in [-0.4, -0.2) is 9.38 Å². The van der Waals surface area contributed by atoms with Gasteiger partial charge in [0.25, 0.3) is 0 Å². The van der Waals surface area contributed by atoms with E-state index < -0.39 is 0 Å². The average molecular weight is 226 g/mol. The van der Waals surface area contributed by atoms with Gasteiger partial charge in [-0.3, -0.25) is 4.40 Å². The maximum absolute atomic E-state index is 13.2. The van der Waals surface area contributed by atoms with Crippen LogP contribution in [0.2, 0.25) is 0 Å². The highest BCUT2D eigenvalue weighted by atomic mass is 19.1. The number of aryl methyl sites for hydroxylation is 1. The van der Waals surface area contributed by atoms with Crippen molar-refractivity contribution in [2.45, 2.75) is 6.92 Å². The minimum absolute atomic E-state index is 0.244. The lowest BCUT2D eigenvalue weighted by Gasteiger charge is -2.02. The Kier molecular flexibility index (Phi) is 2.18. The molecule has 0 aliphatic carbocycles. The van der Waals surface area contributed by atoms with Crippen LogP contribution in [0.5, 0.6) is 0 Å². The number of benzene rings is 1. The minimum atomic E-state index is -0.244. The second-order valence-electron chi connectivity index (χ2n) is 4.09. The highest BCUT2D eigenvalue weighted by molar-refractivity contribution is 5.62. The molecule has 0 bridgehead atoms. The van der Waals surface area contributed by atoms with Crippen LogP contribution in [0, 0.1) is 12.7 Å². The lowest BCUT2D eigenvalue weighted by molar-refractivity contribution is 0.628. The number of nitrogens with zero attached hydrogens (tertiary/aromatic N) is 2. The average Bonchev–Trinajstić information content (AvgIpc) is 2.71. The summed E-state index contributed by atoms with van der Waals surface area (Å²) < 4.78 is 15.2. The first-order valence-corrected chi connectivity index (χ1v) is 5.44. The standard InChI is InChI=1S/C14H11FN2/c1-10-5-6-13-8-16-14(17(13)9-10)11-3-2-4-12(15)7-11/h2-9H,1H3. The topological polar surface area (TPSA) is 17.3 Å². The summed E-state index contributed by atoms with van der Waals surface area (Å²) in [5.74, 6) is 0.523. The fourth-order valence-corrected chi connectivity index (χ4v) is 1.94. The number of pyridine rings is 1. The van der Waals surface area contributed by atoms with Crippen molar-refractivity contribution in [3.05, 3.63) is 60.2 Å². The van der Waals surface area contributed by atoms with Gasteiger partial charge >= 0.3 is 0 Å². The number of imidazole rings is 1. The Morgan fingerprint density at radius 2 is 2.06 bits per heavy atom. The molecule has 3 rings (SSSR count). The molecule has 0 saturated heterocycles. The molecule has 0 radical (unpaired) electrons. The first kappa shape index (κ1) is 10.0. The predicted octanol–water partition coefficient (Wildman–Crippen LogP) is 3.45. The van der Waals surface area contributed by atoms with Gasteiger partial charge in [-0.25, -0.2) is 9.37 Å². The van der Waals surface area contributed by atoms with Crippen molar-refractivity contribution in [3.8, 4) is 11.4 Å². The van der Waals surface area contributed by atoms with Crippen molar-refractivity contribution >= 4 is 5.52 Å². The van der Waals surface area contributed by atoms with E-state index in [9.17, 15) is 4.39 Å². The van der Waals surface area contributed by atoms with Gasteiger partial charge in [-0.15, -0.1) is 0 Å². The summed E-state index contributed by atoms with van der Waals surface area (Å²) in [7, 11) is 0. The summed E-state index contributed by atoms with van der Waals surface area (Å²) in [6, 6.07) is 10.5. The van der Waals surface area contributed by atoms with Crippen LogP contribution in [0.25, 0.3) is 16.9 Å². The van der Waals surface area contributed by atoms with Crippen LogP contribution < -0.4 is 0 Å². The third-order valence-corrected chi connectivity index (χ3v) is 2.76. The van der Waals surface area contributed by atoms with Gasteiger partial charge < -0.3 is 0 Å². The largest absolute Gasteiger partial charge is 0.300 e. The van der Waals surface area contributed by atoms with Crippen molar-refractivity contribution in [1.29, 1.82) is 0 Å². The van der Waals surface area contributed by atoms with E-state index in [1.807, 2.05) is 35.7 Å². The molecule has 1 aromatic carbocycles. The van der Waals surface area contributed by atoms with Gasteiger partial charge in [0.15, 0.2) is 0 Å². The molecule has 3 aromatic rings. The highest BCUT2D eigenvalue weighted by Crippen LogP contribution is 2.20. The van der Waals surface area contributed by atoms with Crippen LogP contribution in [0.4, 0.5) is 4.39 Å². The maximum Gasteiger partial charge on any atom is 0.144 e. The van der Waals surface area contributed by atoms with Gasteiger partial charge in [0.05, 0.1) is 11.7 Å². The summed E-state index contributed by atoms with van der Waals surface area (Å²) in [5, 5.41) is 0. The van der Waals surface area contributed by atoms with E-state index in [0.29, 0.717) is 0 Å². The fraction of sp³-hybridized carbons (Fsp3) is 0.0714. The third kappa shape index (κ3) is 1.69. The first-order chi connectivity index (χ1) is 8.24. The molecule has 3 heteroatoms. The molecule has 17 heavy (non-hydrogen) atoms. The van der Waals surface area contributed by atoms with Crippen molar-refractivity contribution in [3.63, 3.8) is 0 Å². The SMILES string of the molecule is Cc1ccc2cnc(-c3cccc(F)c3)n2c1. The van der Waals surface area contributed by atoms with Crippen LogP contribution in [-0.2, 0) is 0 Å². The van der Waals surface area contributed by atoms with E-state index in [4.69, 9.17) is 0 Å². The van der Waals surface area contributed by atoms with Crippen LogP contribution in [0.1, 0.15) is 5.56 Å². The number of halogens is 1. The molecule has 0 saturated carbocycles. The van der Waals surface area contributed by atoms with E-state index in [2.05, 4.69) is 4.98 Å². The van der Waals surface area contributed by atoms with Crippen molar-refractivity contribution in [1.82, 2.24) is 9.38 Å². The third-order valence-electron chi connectivity index (χ3n) is 2.76. The molecule has 0 aliphatic heterocycles. The smallest absolute Gasteiger partial charge is 0.144 e. The Morgan fingerprint density at radius 3 is 2.88 bits per heavy atom. The summed E-state index contributed by atoms with van der Waals surface area (Å²) in [4.78, 5) is 4.34. The number of rotatable bonds is 1. The fourth-order valence-electron chi connectivity index (χ4n) is 1.94. The van der Waals surface area contributed by atoms with E-state index in [1.165, 1.54) is 12.1 Å². The normalized spacial score (nSPS) is 10.9. The molecule has 0 aliphatic rings. The van der Waals surface area contributed by atoms with Gasteiger partial charge in [-0.05, 0) is 30.7 Å². The van der Waals surface area contributed by atoms with Crippen LogP contribution in [0.15, 0.2) is 48.8 Å². The summed E-state index contributed by atoms with van der Waals surface area (Å²) in [5.41, 5.74) is 2.94. The van der Waals surface area contributed by atoms with Gasteiger partial charge in [-0.1, -0.05) is 18.2 Å². The van der Waals surface area contributed by atoms with Crippen LogP contribution in [0.3, 0.4) is 0 Å². The molecule has 0 N–H and O–H groups in total. The molecule has 0 atom stereocenters. The van der Waals surface area contributed by atoms with Gasteiger partial charge in [-0.2, -0.15) is 0 Å². The Balaban J connectivity index is 2.27. The van der Waals surface area contributed by atoms with Gasteiger partial charge in [0, 0.05) is 11.8 Å². The molecular weight excluding hydrogens is 215 g/mol. The van der Waals surface area contributed by atoms with Crippen molar-refractivity contribution in [2.75, 3.05) is 0 Å². The molecule has 0 unspecified atom stereocenters. The molecule has 0 fully saturated rings. The summed E-state index contributed by atoms with van der Waals surface area (Å²) >= 11 is 0. The van der Waals surface area contributed by atoms with Crippen molar-refractivity contribution in [2.24, 2.45) is 0 Å². The second-order valence-corrected chi connectivity index (χ2v) is 4.09. The van der Waals surface area contributed by atoms with Gasteiger partial charge in [0.2, 0.25) is 0 Å². The number of hydrogen-bond acceptors (Lipinski definition) is 1. The zero-order valence-electron chi connectivity index (χ0n) is 9.39. The number of hydrogen-bond donors (Lipinski definition) is 0. The van der Waals surface area contributed by atoms with E-state index in [0.717, 1.165) is 22.5 Å². The van der Waals surface area contributed by atoms with E-state index in [-0.39, 0.29) is 5.82 Å². The lowest BCUT2D eigenvalue weighted by Crippen LogP contribution is -1.90.